The van der Waals surface area contributed by atoms with Crippen molar-refractivity contribution in [1.29, 1.82) is 10.5 Å². The van der Waals surface area contributed by atoms with Crippen LogP contribution >= 0.6 is 11.8 Å². The molecule has 1 aliphatic heterocycles. The minimum absolute atomic E-state index is 0.494. The van der Waals surface area contributed by atoms with E-state index in [1.165, 1.54) is 4.90 Å². The van der Waals surface area contributed by atoms with Gasteiger partial charge < -0.3 is 4.90 Å². The molecule has 2 aromatic carbocycles. The quantitative estimate of drug-likeness (QED) is 0.797. The lowest BCUT2D eigenvalue weighted by atomic mass is 9.74. The van der Waals surface area contributed by atoms with E-state index in [0.29, 0.717) is 25.9 Å². The Morgan fingerprint density at radius 3 is 2.22 bits per heavy atom. The molecule has 0 amide bonds. The van der Waals surface area contributed by atoms with E-state index in [2.05, 4.69) is 36.5 Å². The van der Waals surface area contributed by atoms with Crippen molar-refractivity contribution >= 4 is 11.8 Å². The molecule has 0 atom stereocenters. The third kappa shape index (κ3) is 3.18. The molecule has 0 bridgehead atoms. The molecule has 0 saturated carbocycles. The molecule has 114 valence electrons. The smallest absolute Gasteiger partial charge is 0.179 e. The summed E-state index contributed by atoms with van der Waals surface area (Å²) in [6, 6.07) is 20.9. The number of benzene rings is 2. The van der Waals surface area contributed by atoms with Gasteiger partial charge in [-0.05, 0) is 36.6 Å². The lowest BCUT2D eigenvalue weighted by Gasteiger charge is -2.36. The molecule has 1 heterocycles. The monoisotopic (exact) mass is 319 g/mol. The van der Waals surface area contributed by atoms with Crippen LogP contribution in [0.3, 0.4) is 0 Å². The number of hydrogen-bond acceptors (Lipinski definition) is 4. The second-order valence-corrected chi connectivity index (χ2v) is 6.81. The molecule has 3 nitrogen and oxygen atoms in total. The van der Waals surface area contributed by atoms with Gasteiger partial charge in [-0.2, -0.15) is 10.5 Å². The third-order valence-electron chi connectivity index (χ3n) is 4.35. The maximum Gasteiger partial charge on any atom is 0.179 e. The molecule has 0 N–H and O–H groups in total. The van der Waals surface area contributed by atoms with Gasteiger partial charge in [-0.1, -0.05) is 48.2 Å². The Kier molecular flexibility index (Phi) is 4.55. The molecule has 0 unspecified atom stereocenters. The van der Waals surface area contributed by atoms with Crippen LogP contribution in [-0.2, 0) is 5.41 Å². The molecule has 4 heteroatoms. The highest BCUT2D eigenvalue weighted by Crippen LogP contribution is 2.41. The maximum atomic E-state index is 9.88. The van der Waals surface area contributed by atoms with Crippen LogP contribution in [0.4, 0.5) is 0 Å². The van der Waals surface area contributed by atoms with E-state index in [9.17, 15) is 5.26 Å². The van der Waals surface area contributed by atoms with Gasteiger partial charge in [0.05, 0.1) is 11.5 Å². The molecular formula is C19H17N3S. The van der Waals surface area contributed by atoms with Crippen molar-refractivity contribution in [3.05, 3.63) is 60.2 Å². The van der Waals surface area contributed by atoms with Crippen molar-refractivity contribution in [2.24, 2.45) is 0 Å². The van der Waals surface area contributed by atoms with Gasteiger partial charge in [0, 0.05) is 22.9 Å². The number of likely N-dealkylation sites (tertiary alicyclic amines) is 1. The second kappa shape index (κ2) is 6.77. The minimum atomic E-state index is -0.494. The fourth-order valence-corrected chi connectivity index (χ4v) is 4.06. The van der Waals surface area contributed by atoms with E-state index < -0.39 is 5.41 Å². The van der Waals surface area contributed by atoms with Crippen LogP contribution in [0.5, 0.6) is 0 Å². The highest BCUT2D eigenvalue weighted by Gasteiger charge is 2.38. The van der Waals surface area contributed by atoms with Gasteiger partial charge in [-0.25, -0.2) is 0 Å². The highest BCUT2D eigenvalue weighted by atomic mass is 32.2. The number of nitriles is 2. The zero-order valence-electron chi connectivity index (χ0n) is 12.8. The molecular weight excluding hydrogens is 302 g/mol. The summed E-state index contributed by atoms with van der Waals surface area (Å²) in [4.78, 5) is 4.04. The molecule has 23 heavy (non-hydrogen) atoms. The number of piperidine rings is 1. The molecule has 1 aliphatic rings. The first-order valence-electron chi connectivity index (χ1n) is 7.66. The van der Waals surface area contributed by atoms with E-state index in [1.807, 2.05) is 30.3 Å². The molecule has 1 fully saturated rings. The largest absolute Gasteiger partial charge is 0.311 e. The lowest BCUT2D eigenvalue weighted by molar-refractivity contribution is 0.253. The SMILES string of the molecule is N#CN1CCC(C#N)(c2ccccc2Sc2ccccc2)CC1. The van der Waals surface area contributed by atoms with Crippen molar-refractivity contribution in [2.75, 3.05) is 13.1 Å². The van der Waals surface area contributed by atoms with Crippen molar-refractivity contribution in [2.45, 2.75) is 28.0 Å². The van der Waals surface area contributed by atoms with Crippen LogP contribution < -0.4 is 0 Å². The van der Waals surface area contributed by atoms with Crippen LogP contribution in [0.1, 0.15) is 18.4 Å². The Bertz CT molecular complexity index is 750. The normalized spacial score (nSPS) is 16.3. The second-order valence-electron chi connectivity index (χ2n) is 5.69. The van der Waals surface area contributed by atoms with E-state index in [4.69, 9.17) is 5.26 Å². The Hall–Kier alpha value is -2.43. The van der Waals surface area contributed by atoms with Crippen molar-refractivity contribution in [1.82, 2.24) is 4.90 Å². The summed E-state index contributed by atoms with van der Waals surface area (Å²) in [5.74, 6) is 0. The molecule has 3 rings (SSSR count). The average Bonchev–Trinajstić information content (AvgIpc) is 2.63. The first-order chi connectivity index (χ1) is 11.3. The predicted molar refractivity (Wildman–Crippen MR) is 90.7 cm³/mol. The molecule has 0 spiro atoms. The topological polar surface area (TPSA) is 50.8 Å². The molecule has 0 aromatic heterocycles. The summed E-state index contributed by atoms with van der Waals surface area (Å²) in [5, 5.41) is 18.9. The summed E-state index contributed by atoms with van der Waals surface area (Å²) < 4.78 is 0. The highest BCUT2D eigenvalue weighted by molar-refractivity contribution is 7.99. The van der Waals surface area contributed by atoms with Crippen LogP contribution in [0, 0.1) is 22.8 Å². The Morgan fingerprint density at radius 1 is 0.913 bits per heavy atom. The molecule has 2 aromatic rings. The summed E-state index contributed by atoms with van der Waals surface area (Å²) >= 11 is 1.70. The zero-order chi connectivity index (χ0) is 16.1. The van der Waals surface area contributed by atoms with Crippen molar-refractivity contribution in [3.63, 3.8) is 0 Å². The maximum absolute atomic E-state index is 9.88. The van der Waals surface area contributed by atoms with Crippen LogP contribution in [0.2, 0.25) is 0 Å². The summed E-state index contributed by atoms with van der Waals surface area (Å²) in [7, 11) is 0. The van der Waals surface area contributed by atoms with Gasteiger partial charge in [-0.15, -0.1) is 0 Å². The summed E-state index contributed by atoms with van der Waals surface area (Å²) in [6.45, 7) is 1.29. The van der Waals surface area contributed by atoms with Gasteiger partial charge in [-0.3, -0.25) is 0 Å². The zero-order valence-corrected chi connectivity index (χ0v) is 13.6. The first-order valence-corrected chi connectivity index (χ1v) is 8.47. The van der Waals surface area contributed by atoms with Crippen LogP contribution in [-0.4, -0.2) is 18.0 Å². The Labute approximate surface area is 141 Å². The van der Waals surface area contributed by atoms with Crippen LogP contribution in [0.15, 0.2) is 64.4 Å². The average molecular weight is 319 g/mol. The molecule has 1 saturated heterocycles. The van der Waals surface area contributed by atoms with Gasteiger partial charge in [0.2, 0.25) is 0 Å². The molecule has 0 radical (unpaired) electrons. The van der Waals surface area contributed by atoms with Gasteiger partial charge in [0.25, 0.3) is 0 Å². The minimum Gasteiger partial charge on any atom is -0.311 e. The van der Waals surface area contributed by atoms with E-state index in [0.717, 1.165) is 10.5 Å². The van der Waals surface area contributed by atoms with E-state index in [-0.39, 0.29) is 0 Å². The van der Waals surface area contributed by atoms with Gasteiger partial charge >= 0.3 is 0 Å². The van der Waals surface area contributed by atoms with Gasteiger partial charge in [0.1, 0.15) is 0 Å². The standard InChI is InChI=1S/C19H17N3S/c20-14-19(10-12-22(15-21)13-11-19)17-8-4-5-9-18(17)23-16-6-2-1-3-7-16/h1-9H,10-13H2. The Morgan fingerprint density at radius 2 is 1.57 bits per heavy atom. The van der Waals surface area contributed by atoms with Crippen molar-refractivity contribution < 1.29 is 0 Å². The predicted octanol–water partition coefficient (Wildman–Crippen LogP) is 4.18. The first kappa shape index (κ1) is 15.5. The summed E-state index contributed by atoms with van der Waals surface area (Å²) in [6.07, 6.45) is 3.59. The molecule has 0 aliphatic carbocycles. The van der Waals surface area contributed by atoms with Crippen LogP contribution in [0.25, 0.3) is 0 Å². The van der Waals surface area contributed by atoms with Gasteiger partial charge in [0.15, 0.2) is 6.19 Å². The lowest BCUT2D eigenvalue weighted by Crippen LogP contribution is -2.40. The third-order valence-corrected chi connectivity index (χ3v) is 5.43. The number of nitrogens with zero attached hydrogens (tertiary/aromatic N) is 3. The number of hydrogen-bond donors (Lipinski definition) is 0. The fraction of sp³-hybridized carbons (Fsp3) is 0.263. The summed E-state index contributed by atoms with van der Waals surface area (Å²) in [5.41, 5.74) is 0.597. The fourth-order valence-electron chi connectivity index (χ4n) is 3.00. The number of rotatable bonds is 3. The van der Waals surface area contributed by atoms with E-state index in [1.54, 1.807) is 16.7 Å². The van der Waals surface area contributed by atoms with Crippen molar-refractivity contribution in [3.8, 4) is 12.3 Å². The van der Waals surface area contributed by atoms with E-state index >= 15 is 0 Å². The Balaban J connectivity index is 1.93.